The number of sulfone groups is 2. The Hall–Kier alpha value is -0.910. The molecule has 0 aromatic heterocycles. The van der Waals surface area contributed by atoms with E-state index in [1.54, 1.807) is 0 Å². The molecule has 118 valence electrons. The van der Waals surface area contributed by atoms with E-state index in [9.17, 15) is 39.2 Å². The van der Waals surface area contributed by atoms with Gasteiger partial charge < -0.3 is 4.90 Å². The number of alkyl halides is 4. The Kier molecular flexibility index (Phi) is 4.69. The zero-order chi connectivity index (χ0) is 15.8. The van der Waals surface area contributed by atoms with Gasteiger partial charge in [0.15, 0.2) is 5.08 Å². The summed E-state index contributed by atoms with van der Waals surface area (Å²) in [6.07, 6.45) is 1.03. The molecule has 6 nitrogen and oxygen atoms in total. The van der Waals surface area contributed by atoms with E-state index in [0.29, 0.717) is 12.8 Å². The van der Waals surface area contributed by atoms with E-state index in [2.05, 4.69) is 0 Å². The zero-order valence-electron chi connectivity index (χ0n) is 9.93. The summed E-state index contributed by atoms with van der Waals surface area (Å²) in [5, 5.41) is -2.48. The summed E-state index contributed by atoms with van der Waals surface area (Å²) >= 11 is 0. The number of carbonyl (C=O) groups excluding carboxylic acids is 1. The summed E-state index contributed by atoms with van der Waals surface area (Å²) in [6, 6.07) is 0. The molecule has 1 atom stereocenters. The lowest BCUT2D eigenvalue weighted by atomic mass is 10.4. The van der Waals surface area contributed by atoms with Gasteiger partial charge in [-0.2, -0.15) is 13.2 Å². The van der Waals surface area contributed by atoms with Gasteiger partial charge in [-0.3, -0.25) is 4.79 Å². The van der Waals surface area contributed by atoms with Crippen LogP contribution in [0.4, 0.5) is 17.6 Å². The van der Waals surface area contributed by atoms with Crippen LogP contribution in [0.25, 0.3) is 0 Å². The van der Waals surface area contributed by atoms with E-state index in [1.165, 1.54) is 0 Å². The number of amides is 1. The predicted molar refractivity (Wildman–Crippen MR) is 59.5 cm³/mol. The number of nitrogens with zero attached hydrogens (tertiary/aromatic N) is 1. The first-order valence-corrected chi connectivity index (χ1v) is 8.69. The van der Waals surface area contributed by atoms with Crippen molar-refractivity contribution in [3.05, 3.63) is 0 Å². The molecule has 0 aromatic rings. The van der Waals surface area contributed by atoms with Gasteiger partial charge in [-0.05, 0) is 12.8 Å². The molecule has 1 rings (SSSR count). The van der Waals surface area contributed by atoms with Gasteiger partial charge in [-0.25, -0.2) is 21.2 Å². The Labute approximate surface area is 112 Å². The number of hydrogen-bond acceptors (Lipinski definition) is 5. The SMILES string of the molecule is O=C(C(F)S(=O)(=O)CS(=O)(=O)C(F)(F)F)N1CCCC1. The van der Waals surface area contributed by atoms with E-state index >= 15 is 0 Å². The van der Waals surface area contributed by atoms with Gasteiger partial charge in [-0.1, -0.05) is 0 Å². The molecule has 0 aliphatic carbocycles. The van der Waals surface area contributed by atoms with E-state index < -0.39 is 41.7 Å². The summed E-state index contributed by atoms with van der Waals surface area (Å²) in [5.74, 6) is -1.53. The molecule has 12 heteroatoms. The second kappa shape index (κ2) is 5.47. The summed E-state index contributed by atoms with van der Waals surface area (Å²) in [6.45, 7) is 0.168. The maximum absolute atomic E-state index is 13.5. The Morgan fingerprint density at radius 2 is 1.55 bits per heavy atom. The second-order valence-electron chi connectivity index (χ2n) is 4.19. The fraction of sp³-hybridized carbons (Fsp3) is 0.875. The van der Waals surface area contributed by atoms with E-state index in [1.807, 2.05) is 0 Å². The minimum Gasteiger partial charge on any atom is -0.339 e. The number of rotatable bonds is 4. The molecule has 0 spiro atoms. The first-order valence-electron chi connectivity index (χ1n) is 5.32. The monoisotopic (exact) mass is 341 g/mol. The standard InChI is InChI=1S/C8H11F4NO5S2/c9-6(7(14)13-3-1-2-4-13)19(15,16)5-20(17,18)8(10,11)12/h6H,1-5H2. The van der Waals surface area contributed by atoms with Gasteiger partial charge in [-0.15, -0.1) is 0 Å². The van der Waals surface area contributed by atoms with Crippen LogP contribution in [-0.4, -0.2) is 56.8 Å². The second-order valence-corrected chi connectivity index (χ2v) is 8.56. The first-order chi connectivity index (χ1) is 8.88. The molecule has 0 aromatic carbocycles. The van der Waals surface area contributed by atoms with Crippen molar-refractivity contribution in [1.29, 1.82) is 0 Å². The lowest BCUT2D eigenvalue weighted by Crippen LogP contribution is -2.42. The van der Waals surface area contributed by atoms with Crippen molar-refractivity contribution in [2.24, 2.45) is 0 Å². The van der Waals surface area contributed by atoms with Crippen molar-refractivity contribution >= 4 is 25.6 Å². The third-order valence-corrected chi connectivity index (χ3v) is 6.69. The summed E-state index contributed by atoms with van der Waals surface area (Å²) in [4.78, 5) is 12.3. The fourth-order valence-electron chi connectivity index (χ4n) is 1.58. The third kappa shape index (κ3) is 3.59. The average molecular weight is 341 g/mol. The highest BCUT2D eigenvalue weighted by Crippen LogP contribution is 2.26. The molecule has 1 unspecified atom stereocenters. The topological polar surface area (TPSA) is 88.6 Å². The Bertz CT molecular complexity index is 576. The third-order valence-electron chi connectivity index (χ3n) is 2.60. The van der Waals surface area contributed by atoms with E-state index in [4.69, 9.17) is 0 Å². The number of halogens is 4. The van der Waals surface area contributed by atoms with E-state index in [-0.39, 0.29) is 13.1 Å². The van der Waals surface area contributed by atoms with Crippen LogP contribution < -0.4 is 0 Å². The van der Waals surface area contributed by atoms with Gasteiger partial charge in [0.05, 0.1) is 0 Å². The molecule has 1 amide bonds. The average Bonchev–Trinajstić information content (AvgIpc) is 2.77. The molecular formula is C8H11F4NO5S2. The molecule has 0 bridgehead atoms. The zero-order valence-corrected chi connectivity index (χ0v) is 11.6. The van der Waals surface area contributed by atoms with Gasteiger partial charge in [0.2, 0.25) is 9.84 Å². The molecule has 0 N–H and O–H groups in total. The predicted octanol–water partition coefficient (Wildman–Crippen LogP) is 0.211. The van der Waals surface area contributed by atoms with Crippen LogP contribution in [0.2, 0.25) is 0 Å². The van der Waals surface area contributed by atoms with E-state index in [0.717, 1.165) is 4.90 Å². The largest absolute Gasteiger partial charge is 0.498 e. The van der Waals surface area contributed by atoms with Crippen molar-refractivity contribution in [3.63, 3.8) is 0 Å². The minimum atomic E-state index is -6.06. The van der Waals surface area contributed by atoms with Crippen LogP contribution >= 0.6 is 0 Å². The Morgan fingerprint density at radius 1 is 1.10 bits per heavy atom. The smallest absolute Gasteiger partial charge is 0.339 e. The van der Waals surface area contributed by atoms with Crippen LogP contribution in [0.15, 0.2) is 0 Å². The van der Waals surface area contributed by atoms with Gasteiger partial charge >= 0.3 is 5.51 Å². The van der Waals surface area contributed by atoms with Gasteiger partial charge in [0.1, 0.15) is 0 Å². The lowest BCUT2D eigenvalue weighted by molar-refractivity contribution is -0.132. The molecule has 1 aliphatic rings. The maximum atomic E-state index is 13.5. The van der Waals surface area contributed by atoms with Crippen LogP contribution in [0.1, 0.15) is 12.8 Å². The highest BCUT2D eigenvalue weighted by molar-refractivity contribution is 8.08. The molecule has 0 radical (unpaired) electrons. The van der Waals surface area contributed by atoms with Crippen LogP contribution in [0, 0.1) is 0 Å². The maximum Gasteiger partial charge on any atom is 0.498 e. The molecule has 20 heavy (non-hydrogen) atoms. The van der Waals surface area contributed by atoms with Crippen molar-refractivity contribution in [2.45, 2.75) is 23.9 Å². The molecule has 1 aliphatic heterocycles. The molecule has 1 fully saturated rings. The van der Waals surface area contributed by atoms with Crippen LogP contribution in [0.5, 0.6) is 0 Å². The molecule has 1 saturated heterocycles. The molecule has 1 heterocycles. The fourth-order valence-corrected chi connectivity index (χ4v) is 4.78. The highest BCUT2D eigenvalue weighted by atomic mass is 32.3. The minimum absolute atomic E-state index is 0.0841. The number of likely N-dealkylation sites (tertiary alicyclic amines) is 1. The quantitative estimate of drug-likeness (QED) is 0.682. The number of carbonyl (C=O) groups is 1. The lowest BCUT2D eigenvalue weighted by Gasteiger charge is -2.18. The van der Waals surface area contributed by atoms with Crippen molar-refractivity contribution < 1.29 is 39.2 Å². The van der Waals surface area contributed by atoms with Crippen LogP contribution in [0.3, 0.4) is 0 Å². The van der Waals surface area contributed by atoms with Crippen molar-refractivity contribution in [2.75, 3.05) is 18.2 Å². The highest BCUT2D eigenvalue weighted by Gasteiger charge is 2.51. The Balaban J connectivity index is 2.91. The number of hydrogen-bond donors (Lipinski definition) is 0. The van der Waals surface area contributed by atoms with Crippen molar-refractivity contribution in [1.82, 2.24) is 4.90 Å². The normalized spacial score (nSPS) is 19.1. The van der Waals surface area contributed by atoms with Crippen molar-refractivity contribution in [3.8, 4) is 0 Å². The molecule has 0 saturated carbocycles. The Morgan fingerprint density at radius 3 is 1.95 bits per heavy atom. The van der Waals surface area contributed by atoms with Gasteiger partial charge in [0.25, 0.3) is 21.2 Å². The summed E-state index contributed by atoms with van der Waals surface area (Å²) in [5.41, 5.74) is -9.13. The first kappa shape index (κ1) is 17.1. The molecular weight excluding hydrogens is 330 g/mol. The van der Waals surface area contributed by atoms with Crippen LogP contribution in [-0.2, 0) is 24.5 Å². The summed E-state index contributed by atoms with van der Waals surface area (Å²) in [7, 11) is -11.5. The van der Waals surface area contributed by atoms with Gasteiger partial charge in [0, 0.05) is 13.1 Å². The summed E-state index contributed by atoms with van der Waals surface area (Å²) < 4.78 is 93.7.